The van der Waals surface area contributed by atoms with Crippen LogP contribution in [0, 0.1) is 0 Å². The number of benzene rings is 3. The Bertz CT molecular complexity index is 819. The summed E-state index contributed by atoms with van der Waals surface area (Å²) in [5, 5.41) is 0.677. The largest absolute Gasteiger partial charge is 0.310 e. The van der Waals surface area contributed by atoms with Gasteiger partial charge in [0.25, 0.3) is 0 Å². The molecule has 3 aromatic rings. The molecule has 3 rings (SSSR count). The maximum atomic E-state index is 6.31. The number of anilines is 3. The van der Waals surface area contributed by atoms with Crippen molar-refractivity contribution < 1.29 is 0 Å². The predicted molar refractivity (Wildman–Crippen MR) is 120 cm³/mol. The fraction of sp³-hybridized carbons (Fsp3) is 0.182. The highest BCUT2D eigenvalue weighted by Gasteiger charge is 2.15. The summed E-state index contributed by atoms with van der Waals surface area (Å²) in [4.78, 5) is 2.24. The predicted octanol–water partition coefficient (Wildman–Crippen LogP) is 8.46. The summed E-state index contributed by atoms with van der Waals surface area (Å²) >= 11 is 13.4. The molecule has 0 aliphatic rings. The Kier molecular flexibility index (Phi) is 6.44. The summed E-state index contributed by atoms with van der Waals surface area (Å²) in [7, 11) is 0. The summed E-state index contributed by atoms with van der Waals surface area (Å²) in [5.74, 6) is 0. The van der Waals surface area contributed by atoms with E-state index in [-0.39, 0.29) is 0 Å². The van der Waals surface area contributed by atoms with Gasteiger partial charge in [0.1, 0.15) is 0 Å². The first-order chi connectivity index (χ1) is 12.5. The van der Waals surface area contributed by atoms with Crippen molar-refractivity contribution in [2.75, 3.05) is 4.90 Å². The van der Waals surface area contributed by atoms with Crippen LogP contribution in [0.5, 0.6) is 0 Å². The zero-order valence-electron chi connectivity index (χ0n) is 14.8. The minimum absolute atomic E-state index is 0.677. The van der Waals surface area contributed by atoms with Crippen LogP contribution in [0.15, 0.2) is 69.6 Å². The molecule has 0 bridgehead atoms. The zero-order chi connectivity index (χ0) is 18.7. The van der Waals surface area contributed by atoms with E-state index in [1.807, 2.05) is 0 Å². The molecule has 3 aromatic carbocycles. The van der Waals surface area contributed by atoms with Gasteiger partial charge < -0.3 is 4.90 Å². The molecule has 4 heteroatoms. The highest BCUT2D eigenvalue weighted by atomic mass is 79.9. The number of halogens is 3. The molecule has 0 aliphatic carbocycles. The van der Waals surface area contributed by atoms with Gasteiger partial charge in [-0.3, -0.25) is 0 Å². The number of nitrogens with zero attached hydrogens (tertiary/aromatic N) is 1. The highest BCUT2D eigenvalue weighted by molar-refractivity contribution is 9.11. The first-order valence-electron chi connectivity index (χ1n) is 8.66. The molecule has 134 valence electrons. The average Bonchev–Trinajstić information content (AvgIpc) is 2.67. The van der Waals surface area contributed by atoms with Gasteiger partial charge in [-0.05, 0) is 92.2 Å². The van der Waals surface area contributed by atoms with E-state index in [0.717, 1.165) is 38.8 Å². The lowest BCUT2D eigenvalue weighted by Crippen LogP contribution is -2.10. The Morgan fingerprint density at radius 1 is 0.692 bits per heavy atom. The summed E-state index contributed by atoms with van der Waals surface area (Å²) in [5.41, 5.74) is 5.93. The Morgan fingerprint density at radius 2 is 1.08 bits per heavy atom. The Morgan fingerprint density at radius 3 is 1.42 bits per heavy atom. The number of rotatable bonds is 5. The van der Waals surface area contributed by atoms with E-state index in [0.29, 0.717) is 5.02 Å². The second kappa shape index (κ2) is 8.60. The fourth-order valence-electron chi connectivity index (χ4n) is 2.88. The normalized spacial score (nSPS) is 10.8. The van der Waals surface area contributed by atoms with Crippen molar-refractivity contribution in [3.63, 3.8) is 0 Å². The molecule has 0 saturated heterocycles. The maximum absolute atomic E-state index is 6.31. The van der Waals surface area contributed by atoms with E-state index in [1.165, 1.54) is 11.1 Å². The molecule has 0 aromatic heterocycles. The fourth-order valence-corrected chi connectivity index (χ4v) is 4.15. The summed E-state index contributed by atoms with van der Waals surface area (Å²) in [6, 6.07) is 21.5. The van der Waals surface area contributed by atoms with Crippen molar-refractivity contribution in [3.05, 3.63) is 85.8 Å². The van der Waals surface area contributed by atoms with E-state index >= 15 is 0 Å². The van der Waals surface area contributed by atoms with E-state index in [4.69, 9.17) is 11.6 Å². The molecule has 26 heavy (non-hydrogen) atoms. The van der Waals surface area contributed by atoms with Gasteiger partial charge in [-0.1, -0.05) is 49.7 Å². The topological polar surface area (TPSA) is 3.24 Å². The molecule has 0 aliphatic heterocycles. The van der Waals surface area contributed by atoms with Crippen LogP contribution in [0.25, 0.3) is 0 Å². The van der Waals surface area contributed by atoms with Crippen LogP contribution in [0.2, 0.25) is 5.02 Å². The van der Waals surface area contributed by atoms with Gasteiger partial charge in [0.05, 0.1) is 5.02 Å². The van der Waals surface area contributed by atoms with Crippen LogP contribution in [0.3, 0.4) is 0 Å². The molecule has 0 fully saturated rings. The lowest BCUT2D eigenvalue weighted by Gasteiger charge is -2.26. The van der Waals surface area contributed by atoms with Gasteiger partial charge in [0.2, 0.25) is 0 Å². The number of hydrogen-bond acceptors (Lipinski definition) is 1. The van der Waals surface area contributed by atoms with Crippen molar-refractivity contribution in [1.29, 1.82) is 0 Å². The van der Waals surface area contributed by atoms with Crippen molar-refractivity contribution in [2.45, 2.75) is 26.7 Å². The lowest BCUT2D eigenvalue weighted by molar-refractivity contribution is 1.13. The Labute approximate surface area is 177 Å². The van der Waals surface area contributed by atoms with Crippen LogP contribution in [0.4, 0.5) is 17.1 Å². The molecule has 0 spiro atoms. The molecular weight excluding hydrogens is 474 g/mol. The van der Waals surface area contributed by atoms with Gasteiger partial charge in [-0.15, -0.1) is 0 Å². The molecule has 0 saturated carbocycles. The maximum Gasteiger partial charge on any atom is 0.0691 e. The summed E-state index contributed by atoms with van der Waals surface area (Å²) in [6.07, 6.45) is 2.06. The van der Waals surface area contributed by atoms with Crippen LogP contribution in [0.1, 0.15) is 25.0 Å². The van der Waals surface area contributed by atoms with Gasteiger partial charge >= 0.3 is 0 Å². The Balaban J connectivity index is 2.14. The van der Waals surface area contributed by atoms with Gasteiger partial charge in [-0.2, -0.15) is 0 Å². The zero-order valence-corrected chi connectivity index (χ0v) is 18.7. The number of hydrogen-bond donors (Lipinski definition) is 0. The van der Waals surface area contributed by atoms with E-state index in [1.54, 1.807) is 0 Å². The molecule has 0 heterocycles. The molecule has 0 radical (unpaired) electrons. The molecular formula is C22H20Br2ClN. The minimum atomic E-state index is 0.677. The van der Waals surface area contributed by atoms with E-state index in [2.05, 4.69) is 111 Å². The molecule has 0 atom stereocenters. The third-order valence-corrected chi connectivity index (χ3v) is 6.55. The van der Waals surface area contributed by atoms with Crippen molar-refractivity contribution in [1.82, 2.24) is 0 Å². The summed E-state index contributed by atoms with van der Waals surface area (Å²) in [6.45, 7) is 4.34. The third kappa shape index (κ3) is 4.16. The number of aryl methyl sites for hydroxylation is 2. The quantitative estimate of drug-likeness (QED) is 0.322. The first kappa shape index (κ1) is 19.5. The van der Waals surface area contributed by atoms with Crippen LogP contribution in [-0.4, -0.2) is 0 Å². The molecule has 0 N–H and O–H groups in total. The minimum Gasteiger partial charge on any atom is -0.310 e. The average molecular weight is 494 g/mol. The molecule has 0 amide bonds. The smallest absolute Gasteiger partial charge is 0.0691 e. The van der Waals surface area contributed by atoms with Gasteiger partial charge in [-0.25, -0.2) is 0 Å². The first-order valence-corrected chi connectivity index (χ1v) is 10.6. The van der Waals surface area contributed by atoms with E-state index in [9.17, 15) is 0 Å². The molecule has 1 nitrogen and oxygen atoms in total. The Hall–Kier alpha value is -1.29. The second-order valence-electron chi connectivity index (χ2n) is 6.10. The monoisotopic (exact) mass is 491 g/mol. The van der Waals surface area contributed by atoms with Crippen molar-refractivity contribution in [3.8, 4) is 0 Å². The highest BCUT2D eigenvalue weighted by Crippen LogP contribution is 2.41. The van der Waals surface area contributed by atoms with Crippen molar-refractivity contribution >= 4 is 60.5 Å². The van der Waals surface area contributed by atoms with Gasteiger partial charge in [0, 0.05) is 26.0 Å². The SMILES string of the molecule is CCc1ccc(N(c2ccc(CC)cc2)c2cc(Br)c(Cl)c(Br)c2)cc1. The van der Waals surface area contributed by atoms with Crippen LogP contribution >= 0.6 is 43.5 Å². The second-order valence-corrected chi connectivity index (χ2v) is 8.19. The molecule has 0 unspecified atom stereocenters. The van der Waals surface area contributed by atoms with Crippen LogP contribution < -0.4 is 4.90 Å². The summed E-state index contributed by atoms with van der Waals surface area (Å²) < 4.78 is 1.73. The van der Waals surface area contributed by atoms with Gasteiger partial charge in [0.15, 0.2) is 0 Å². The third-order valence-electron chi connectivity index (χ3n) is 4.43. The standard InChI is InChI=1S/C22H20Br2ClN/c1-3-15-5-9-17(10-6-15)26(18-11-7-16(4-2)8-12-18)19-13-20(23)22(25)21(24)14-19/h5-14H,3-4H2,1-2H3. The van der Waals surface area contributed by atoms with Crippen molar-refractivity contribution in [2.24, 2.45) is 0 Å². The van der Waals surface area contributed by atoms with E-state index < -0.39 is 0 Å². The lowest BCUT2D eigenvalue weighted by atomic mass is 10.1. The van der Waals surface area contributed by atoms with Crippen LogP contribution in [-0.2, 0) is 12.8 Å².